The van der Waals surface area contributed by atoms with Gasteiger partial charge in [0.2, 0.25) is 5.82 Å². The summed E-state index contributed by atoms with van der Waals surface area (Å²) in [5, 5.41) is 15.6. The molecule has 0 spiro atoms. The number of aromatic amines is 1. The Balaban J connectivity index is 1.68. The zero-order valence-electron chi connectivity index (χ0n) is 11.3. The minimum absolute atomic E-state index is 0.511. The van der Waals surface area contributed by atoms with Gasteiger partial charge >= 0.3 is 0 Å². The van der Waals surface area contributed by atoms with Crippen molar-refractivity contribution in [2.75, 3.05) is 13.2 Å². The van der Waals surface area contributed by atoms with Crippen molar-refractivity contribution in [1.82, 2.24) is 29.9 Å². The van der Waals surface area contributed by atoms with E-state index in [-0.39, 0.29) is 0 Å². The van der Waals surface area contributed by atoms with E-state index >= 15 is 0 Å². The summed E-state index contributed by atoms with van der Waals surface area (Å²) in [6.07, 6.45) is 6.16. The van der Waals surface area contributed by atoms with Crippen LogP contribution in [0.1, 0.15) is 37.4 Å². The standard InChI is InChI=1S/C13H18N6O/c1-2-10(9-3-6-20-7-4-9)12-17-18-13(19(12)5-1)11-14-8-15-16-11/h8-10H,1-7H2,(H,14,15,16). The van der Waals surface area contributed by atoms with E-state index in [1.807, 2.05) is 0 Å². The lowest BCUT2D eigenvalue weighted by molar-refractivity contribution is 0.0534. The number of hydrogen-bond acceptors (Lipinski definition) is 5. The first-order chi connectivity index (χ1) is 9.93. The largest absolute Gasteiger partial charge is 0.381 e. The highest BCUT2D eigenvalue weighted by Crippen LogP contribution is 2.38. The van der Waals surface area contributed by atoms with E-state index in [4.69, 9.17) is 4.74 Å². The minimum Gasteiger partial charge on any atom is -0.381 e. The van der Waals surface area contributed by atoms with Gasteiger partial charge in [0.1, 0.15) is 12.2 Å². The maximum Gasteiger partial charge on any atom is 0.201 e. The van der Waals surface area contributed by atoms with Crippen molar-refractivity contribution < 1.29 is 4.74 Å². The molecule has 4 rings (SSSR count). The number of H-pyrrole nitrogens is 1. The van der Waals surface area contributed by atoms with Crippen LogP contribution in [0, 0.1) is 5.92 Å². The fourth-order valence-electron chi connectivity index (χ4n) is 3.46. The summed E-state index contributed by atoms with van der Waals surface area (Å²) in [7, 11) is 0. The average molecular weight is 274 g/mol. The van der Waals surface area contributed by atoms with Gasteiger partial charge < -0.3 is 9.30 Å². The molecule has 0 amide bonds. The molecule has 4 heterocycles. The predicted molar refractivity (Wildman–Crippen MR) is 70.9 cm³/mol. The maximum atomic E-state index is 5.48. The van der Waals surface area contributed by atoms with E-state index in [9.17, 15) is 0 Å². The van der Waals surface area contributed by atoms with Crippen molar-refractivity contribution in [1.29, 1.82) is 0 Å². The van der Waals surface area contributed by atoms with Gasteiger partial charge in [0.25, 0.3) is 0 Å². The van der Waals surface area contributed by atoms with Crippen LogP contribution >= 0.6 is 0 Å². The molecule has 0 aliphatic carbocycles. The van der Waals surface area contributed by atoms with Gasteiger partial charge in [-0.1, -0.05) is 0 Å². The van der Waals surface area contributed by atoms with Crippen LogP contribution in [0.25, 0.3) is 11.6 Å². The summed E-state index contributed by atoms with van der Waals surface area (Å²) in [6, 6.07) is 0. The summed E-state index contributed by atoms with van der Waals surface area (Å²) in [5.74, 6) is 3.83. The number of fused-ring (bicyclic) bond motifs is 1. The van der Waals surface area contributed by atoms with Crippen molar-refractivity contribution in [3.05, 3.63) is 12.2 Å². The van der Waals surface area contributed by atoms with Gasteiger partial charge in [-0.3, -0.25) is 5.10 Å². The van der Waals surface area contributed by atoms with Gasteiger partial charge in [-0.05, 0) is 31.6 Å². The molecule has 2 aliphatic rings. The quantitative estimate of drug-likeness (QED) is 0.894. The molecule has 20 heavy (non-hydrogen) atoms. The van der Waals surface area contributed by atoms with Crippen LogP contribution in [0.3, 0.4) is 0 Å². The van der Waals surface area contributed by atoms with Crippen LogP contribution in [0.15, 0.2) is 6.33 Å². The molecular formula is C13H18N6O. The van der Waals surface area contributed by atoms with Gasteiger partial charge in [0.05, 0.1) is 0 Å². The molecule has 2 aromatic rings. The zero-order valence-corrected chi connectivity index (χ0v) is 11.3. The second kappa shape index (κ2) is 4.97. The minimum atomic E-state index is 0.511. The molecule has 0 aromatic carbocycles. The molecule has 0 saturated carbocycles. The first kappa shape index (κ1) is 12.0. The van der Waals surface area contributed by atoms with Crippen LogP contribution in [-0.2, 0) is 11.3 Å². The van der Waals surface area contributed by atoms with Gasteiger partial charge in [-0.25, -0.2) is 4.98 Å². The Hall–Kier alpha value is -1.76. The number of rotatable bonds is 2. The molecule has 7 heteroatoms. The van der Waals surface area contributed by atoms with E-state index in [0.29, 0.717) is 17.7 Å². The van der Waals surface area contributed by atoms with Crippen LogP contribution in [0.4, 0.5) is 0 Å². The highest BCUT2D eigenvalue weighted by molar-refractivity contribution is 5.42. The molecule has 1 unspecified atom stereocenters. The lowest BCUT2D eigenvalue weighted by Gasteiger charge is -2.32. The average Bonchev–Trinajstić information content (AvgIpc) is 3.16. The molecular weight excluding hydrogens is 256 g/mol. The van der Waals surface area contributed by atoms with E-state index in [2.05, 4.69) is 29.9 Å². The summed E-state index contributed by atoms with van der Waals surface area (Å²) < 4.78 is 7.69. The first-order valence-electron chi connectivity index (χ1n) is 7.30. The van der Waals surface area contributed by atoms with Crippen molar-refractivity contribution >= 4 is 0 Å². The Morgan fingerprint density at radius 3 is 2.90 bits per heavy atom. The van der Waals surface area contributed by atoms with Crippen molar-refractivity contribution in [2.24, 2.45) is 5.92 Å². The summed E-state index contributed by atoms with van der Waals surface area (Å²) in [6.45, 7) is 2.73. The second-order valence-corrected chi connectivity index (χ2v) is 5.57. The van der Waals surface area contributed by atoms with Crippen molar-refractivity contribution in [2.45, 2.75) is 38.1 Å². The van der Waals surface area contributed by atoms with Crippen LogP contribution in [0.5, 0.6) is 0 Å². The number of nitrogens with zero attached hydrogens (tertiary/aromatic N) is 5. The third-order valence-electron chi connectivity index (χ3n) is 4.47. The summed E-state index contributed by atoms with van der Waals surface area (Å²) >= 11 is 0. The topological polar surface area (TPSA) is 81.5 Å². The molecule has 1 saturated heterocycles. The Morgan fingerprint density at radius 2 is 2.10 bits per heavy atom. The van der Waals surface area contributed by atoms with Crippen molar-refractivity contribution in [3.63, 3.8) is 0 Å². The highest BCUT2D eigenvalue weighted by atomic mass is 16.5. The summed E-state index contributed by atoms with van der Waals surface area (Å²) in [5.41, 5.74) is 0. The van der Waals surface area contributed by atoms with E-state index in [1.54, 1.807) is 0 Å². The van der Waals surface area contributed by atoms with Gasteiger partial charge in [0.15, 0.2) is 5.82 Å². The molecule has 2 aromatic heterocycles. The fraction of sp³-hybridized carbons (Fsp3) is 0.692. The monoisotopic (exact) mass is 274 g/mol. The van der Waals surface area contributed by atoms with Gasteiger partial charge in [0, 0.05) is 25.7 Å². The Kier molecular flexibility index (Phi) is 2.99. The molecule has 2 aliphatic heterocycles. The number of aromatic nitrogens is 6. The fourth-order valence-corrected chi connectivity index (χ4v) is 3.46. The molecule has 0 radical (unpaired) electrons. The molecule has 1 fully saturated rings. The number of nitrogens with one attached hydrogen (secondary N) is 1. The molecule has 1 N–H and O–H groups in total. The SMILES string of the molecule is c1n[nH]c(-c2nnc3n2CCCC3C2CCOCC2)n1. The third kappa shape index (κ3) is 1.93. The van der Waals surface area contributed by atoms with E-state index < -0.39 is 0 Å². The maximum absolute atomic E-state index is 5.48. The van der Waals surface area contributed by atoms with Crippen LogP contribution in [-0.4, -0.2) is 43.2 Å². The van der Waals surface area contributed by atoms with Crippen LogP contribution < -0.4 is 0 Å². The lowest BCUT2D eigenvalue weighted by atomic mass is 9.81. The summed E-state index contributed by atoms with van der Waals surface area (Å²) in [4.78, 5) is 4.19. The zero-order chi connectivity index (χ0) is 13.4. The molecule has 7 nitrogen and oxygen atoms in total. The predicted octanol–water partition coefficient (Wildman–Crippen LogP) is 1.37. The lowest BCUT2D eigenvalue weighted by Crippen LogP contribution is -2.27. The Labute approximate surface area is 116 Å². The van der Waals surface area contributed by atoms with Gasteiger partial charge in [-0.2, -0.15) is 5.10 Å². The molecule has 106 valence electrons. The smallest absolute Gasteiger partial charge is 0.201 e. The normalized spacial score (nSPS) is 23.7. The second-order valence-electron chi connectivity index (χ2n) is 5.57. The first-order valence-corrected chi connectivity index (χ1v) is 7.30. The van der Waals surface area contributed by atoms with E-state index in [1.165, 1.54) is 19.2 Å². The van der Waals surface area contributed by atoms with Crippen molar-refractivity contribution in [3.8, 4) is 11.6 Å². The third-order valence-corrected chi connectivity index (χ3v) is 4.47. The number of ether oxygens (including phenoxy) is 1. The Bertz CT molecular complexity index is 572. The van der Waals surface area contributed by atoms with Gasteiger partial charge in [-0.15, -0.1) is 10.2 Å². The highest BCUT2D eigenvalue weighted by Gasteiger charge is 2.33. The Morgan fingerprint density at radius 1 is 1.20 bits per heavy atom. The molecule has 1 atom stereocenters. The van der Waals surface area contributed by atoms with E-state index in [0.717, 1.165) is 44.2 Å². The number of hydrogen-bond donors (Lipinski definition) is 1. The molecule has 0 bridgehead atoms. The van der Waals surface area contributed by atoms with Crippen LogP contribution in [0.2, 0.25) is 0 Å².